The lowest BCUT2D eigenvalue weighted by Crippen LogP contribution is -1.97. The van der Waals surface area contributed by atoms with Gasteiger partial charge in [-0.25, -0.2) is 0 Å². The topological polar surface area (TPSA) is 26.3 Å². The molecule has 1 saturated carbocycles. The quantitative estimate of drug-likeness (QED) is 0.463. The maximum atomic E-state index is 10.7. The van der Waals surface area contributed by atoms with Crippen LogP contribution in [0.5, 0.6) is 0 Å². The first-order valence-electron chi connectivity index (χ1n) is 4.38. The van der Waals surface area contributed by atoms with Gasteiger partial charge in [0.2, 0.25) is 0 Å². The summed E-state index contributed by atoms with van der Waals surface area (Å²) in [5, 5.41) is 0. The summed E-state index contributed by atoms with van der Waals surface area (Å²) < 4.78 is 4.51. The number of carbonyl (C=O) groups is 1. The minimum atomic E-state index is -0.127. The molecule has 0 bridgehead atoms. The van der Waals surface area contributed by atoms with Crippen molar-refractivity contribution < 1.29 is 9.53 Å². The van der Waals surface area contributed by atoms with Gasteiger partial charge in [-0.15, -0.1) is 0 Å². The minimum Gasteiger partial charge on any atom is -0.469 e. The highest BCUT2D eigenvalue weighted by Gasteiger charge is 2.19. The van der Waals surface area contributed by atoms with E-state index in [2.05, 4.69) is 23.3 Å². The molecule has 1 radical (unpaired) electrons. The number of rotatable bonds is 5. The molecular formula is C10H15O2. The van der Waals surface area contributed by atoms with Gasteiger partial charge in [-0.2, -0.15) is 0 Å². The number of carbonyl (C=O) groups excluding carboxylic acids is 1. The van der Waals surface area contributed by atoms with Crippen LogP contribution in [-0.2, 0) is 9.53 Å². The second-order valence-electron chi connectivity index (χ2n) is 3.05. The van der Waals surface area contributed by atoms with Crippen molar-refractivity contribution >= 4 is 5.97 Å². The van der Waals surface area contributed by atoms with Crippen molar-refractivity contribution in [1.82, 2.24) is 0 Å². The van der Waals surface area contributed by atoms with E-state index >= 15 is 0 Å². The van der Waals surface area contributed by atoms with Crippen molar-refractivity contribution in [3.63, 3.8) is 0 Å². The molecule has 1 aliphatic carbocycles. The third-order valence-electron chi connectivity index (χ3n) is 1.92. The maximum absolute atomic E-state index is 10.7. The number of hydrogen-bond acceptors (Lipinski definition) is 2. The van der Waals surface area contributed by atoms with Crippen LogP contribution in [0.2, 0.25) is 0 Å². The Bertz CT molecular complexity index is 169. The summed E-state index contributed by atoms with van der Waals surface area (Å²) in [6, 6.07) is 0. The van der Waals surface area contributed by atoms with Gasteiger partial charge in [-0.1, -0.05) is 12.2 Å². The summed E-state index contributed by atoms with van der Waals surface area (Å²) in [5.74, 6) is 0.692. The first-order chi connectivity index (χ1) is 5.83. The largest absolute Gasteiger partial charge is 0.469 e. The van der Waals surface area contributed by atoms with Crippen molar-refractivity contribution in [2.45, 2.75) is 25.7 Å². The molecule has 0 N–H and O–H groups in total. The normalized spacial score (nSPS) is 16.8. The van der Waals surface area contributed by atoms with Gasteiger partial charge in [0.25, 0.3) is 0 Å². The van der Waals surface area contributed by atoms with E-state index in [0.717, 1.165) is 18.8 Å². The Morgan fingerprint density at radius 1 is 1.67 bits per heavy atom. The van der Waals surface area contributed by atoms with E-state index in [4.69, 9.17) is 0 Å². The fourth-order valence-electron chi connectivity index (χ4n) is 0.981. The number of methoxy groups -OCH3 is 1. The molecule has 12 heavy (non-hydrogen) atoms. The van der Waals surface area contributed by atoms with Gasteiger partial charge >= 0.3 is 5.97 Å². The Hall–Kier alpha value is -0.790. The molecule has 1 unspecified atom stereocenters. The van der Waals surface area contributed by atoms with Crippen molar-refractivity contribution in [2.75, 3.05) is 7.11 Å². The highest BCUT2D eigenvalue weighted by Crippen LogP contribution is 2.31. The Morgan fingerprint density at radius 2 is 2.42 bits per heavy atom. The van der Waals surface area contributed by atoms with Crippen molar-refractivity contribution in [2.24, 2.45) is 5.92 Å². The molecule has 2 nitrogen and oxygen atoms in total. The van der Waals surface area contributed by atoms with E-state index in [1.165, 1.54) is 13.5 Å². The van der Waals surface area contributed by atoms with Crippen LogP contribution in [0, 0.1) is 12.3 Å². The Balaban J connectivity index is 1.92. The van der Waals surface area contributed by atoms with E-state index in [1.54, 1.807) is 0 Å². The number of hydrogen-bond donors (Lipinski definition) is 0. The van der Waals surface area contributed by atoms with Gasteiger partial charge in [-0.3, -0.25) is 4.79 Å². The molecule has 1 aliphatic rings. The van der Waals surface area contributed by atoms with Crippen molar-refractivity contribution in [3.8, 4) is 0 Å². The maximum Gasteiger partial charge on any atom is 0.305 e. The first kappa shape index (κ1) is 9.30. The molecule has 0 aliphatic heterocycles. The fourth-order valence-corrected chi connectivity index (χ4v) is 0.981. The molecule has 0 spiro atoms. The molecule has 2 heteroatoms. The van der Waals surface area contributed by atoms with Crippen LogP contribution < -0.4 is 0 Å². The SMILES string of the molecule is COC(=O)CCC=CCC1[CH]C1. The van der Waals surface area contributed by atoms with Gasteiger partial charge < -0.3 is 4.74 Å². The lowest BCUT2D eigenvalue weighted by Gasteiger charge is -1.93. The molecule has 1 rings (SSSR count). The van der Waals surface area contributed by atoms with Gasteiger partial charge in [-0.05, 0) is 31.6 Å². The second-order valence-corrected chi connectivity index (χ2v) is 3.05. The van der Waals surface area contributed by atoms with Crippen LogP contribution in [0.3, 0.4) is 0 Å². The van der Waals surface area contributed by atoms with Crippen LogP contribution >= 0.6 is 0 Å². The van der Waals surface area contributed by atoms with E-state index in [9.17, 15) is 4.79 Å². The standard InChI is InChI=1S/C10H15O2/c1-12-10(11)6-4-2-3-5-9-7-8-9/h2-3,7,9H,4-6,8H2,1H3. The molecule has 0 aromatic heterocycles. The van der Waals surface area contributed by atoms with Crippen LogP contribution in [0.15, 0.2) is 12.2 Å². The zero-order valence-electron chi connectivity index (χ0n) is 7.45. The molecule has 0 saturated heterocycles. The molecule has 0 aromatic rings. The third-order valence-corrected chi connectivity index (χ3v) is 1.92. The van der Waals surface area contributed by atoms with Gasteiger partial charge in [0, 0.05) is 6.42 Å². The van der Waals surface area contributed by atoms with Crippen molar-refractivity contribution in [1.29, 1.82) is 0 Å². The van der Waals surface area contributed by atoms with E-state index in [1.807, 2.05) is 0 Å². The average molecular weight is 167 g/mol. The van der Waals surface area contributed by atoms with Gasteiger partial charge in [0.15, 0.2) is 0 Å². The summed E-state index contributed by atoms with van der Waals surface area (Å²) >= 11 is 0. The Morgan fingerprint density at radius 3 is 3.00 bits per heavy atom. The van der Waals surface area contributed by atoms with Crippen LogP contribution in [0.1, 0.15) is 25.7 Å². The Labute approximate surface area is 73.6 Å². The van der Waals surface area contributed by atoms with E-state index in [-0.39, 0.29) is 5.97 Å². The molecular weight excluding hydrogens is 152 g/mol. The molecule has 0 heterocycles. The van der Waals surface area contributed by atoms with Gasteiger partial charge in [0.1, 0.15) is 0 Å². The summed E-state index contributed by atoms with van der Waals surface area (Å²) in [6.07, 6.45) is 10.2. The predicted octanol–water partition coefficient (Wildman–Crippen LogP) is 2.11. The Kier molecular flexibility index (Phi) is 3.85. The van der Waals surface area contributed by atoms with Crippen molar-refractivity contribution in [3.05, 3.63) is 18.6 Å². The zero-order chi connectivity index (χ0) is 8.81. The lowest BCUT2D eigenvalue weighted by atomic mass is 10.2. The molecule has 1 atom stereocenters. The summed E-state index contributed by atoms with van der Waals surface area (Å²) in [6.45, 7) is 0. The van der Waals surface area contributed by atoms with E-state index in [0.29, 0.717) is 6.42 Å². The molecule has 67 valence electrons. The molecule has 0 aromatic carbocycles. The minimum absolute atomic E-state index is 0.127. The predicted molar refractivity (Wildman–Crippen MR) is 47.4 cm³/mol. The highest BCUT2D eigenvalue weighted by molar-refractivity contribution is 5.69. The molecule has 0 amide bonds. The molecule has 1 fully saturated rings. The fraction of sp³-hybridized carbons (Fsp3) is 0.600. The summed E-state index contributed by atoms with van der Waals surface area (Å²) in [5.41, 5.74) is 0. The number of ether oxygens (including phenoxy) is 1. The monoisotopic (exact) mass is 167 g/mol. The van der Waals surface area contributed by atoms with Crippen LogP contribution in [0.4, 0.5) is 0 Å². The second kappa shape index (κ2) is 4.96. The third kappa shape index (κ3) is 4.16. The van der Waals surface area contributed by atoms with E-state index < -0.39 is 0 Å². The highest BCUT2D eigenvalue weighted by atomic mass is 16.5. The van der Waals surface area contributed by atoms with Crippen LogP contribution in [0.25, 0.3) is 0 Å². The average Bonchev–Trinajstić information content (AvgIpc) is 2.87. The number of allylic oxidation sites excluding steroid dienone is 2. The summed E-state index contributed by atoms with van der Waals surface area (Å²) in [4.78, 5) is 10.7. The van der Waals surface area contributed by atoms with Crippen LogP contribution in [-0.4, -0.2) is 13.1 Å². The first-order valence-corrected chi connectivity index (χ1v) is 4.38. The zero-order valence-corrected chi connectivity index (χ0v) is 7.45. The lowest BCUT2D eigenvalue weighted by molar-refractivity contribution is -0.140. The number of esters is 1. The summed E-state index contributed by atoms with van der Waals surface area (Å²) in [7, 11) is 1.42. The smallest absolute Gasteiger partial charge is 0.305 e. The van der Waals surface area contributed by atoms with Gasteiger partial charge in [0.05, 0.1) is 7.11 Å².